The summed E-state index contributed by atoms with van der Waals surface area (Å²) in [7, 11) is 2.24. The third kappa shape index (κ3) is 6.75. The maximum Gasteiger partial charge on any atom is 0.0683 e. The van der Waals surface area contributed by atoms with E-state index in [1.54, 1.807) is 0 Å². The predicted octanol–water partition coefficient (Wildman–Crippen LogP) is 15.3. The molecule has 0 saturated carbocycles. The highest BCUT2D eigenvalue weighted by Crippen LogP contribution is 2.59. The van der Waals surface area contributed by atoms with Crippen molar-refractivity contribution >= 4 is 17.1 Å². The van der Waals surface area contributed by atoms with E-state index in [1.165, 1.54) is 94.9 Å². The largest absolute Gasteiger partial charge is 0.370 e. The van der Waals surface area contributed by atoms with Crippen LogP contribution in [0.4, 0.5) is 0 Å². The first-order valence-electron chi connectivity index (χ1n) is 23.0. The van der Waals surface area contributed by atoms with Crippen molar-refractivity contribution in [2.24, 2.45) is 4.99 Å². The minimum Gasteiger partial charge on any atom is -0.370 e. The Morgan fingerprint density at radius 1 is 0.556 bits per heavy atom. The molecule has 308 valence electrons. The second-order valence-electron chi connectivity index (χ2n) is 18.3. The van der Waals surface area contributed by atoms with Crippen molar-refractivity contribution < 1.29 is 0 Å². The van der Waals surface area contributed by atoms with Crippen molar-refractivity contribution in [3.05, 3.63) is 238 Å². The van der Waals surface area contributed by atoms with Crippen molar-refractivity contribution in [2.75, 3.05) is 13.6 Å². The molecule has 0 saturated heterocycles. The molecule has 0 spiro atoms. The first kappa shape index (κ1) is 39.1. The summed E-state index contributed by atoms with van der Waals surface area (Å²) in [6, 6.07) is 65.9. The Morgan fingerprint density at radius 2 is 1.08 bits per heavy atom. The van der Waals surface area contributed by atoms with E-state index in [2.05, 4.69) is 214 Å². The number of benzene rings is 7. The highest BCUT2D eigenvalue weighted by Gasteiger charge is 2.42. The molecule has 0 bridgehead atoms. The van der Waals surface area contributed by atoms with Crippen LogP contribution in [0.15, 0.2) is 204 Å². The van der Waals surface area contributed by atoms with E-state index < -0.39 is 0 Å². The molecule has 0 fully saturated rings. The van der Waals surface area contributed by atoms with Crippen molar-refractivity contribution in [3.8, 4) is 33.4 Å². The van der Waals surface area contributed by atoms with Gasteiger partial charge < -0.3 is 4.90 Å². The lowest BCUT2D eigenvalue weighted by Crippen LogP contribution is -2.29. The Kier molecular flexibility index (Phi) is 10.0. The Balaban J connectivity index is 1.05. The van der Waals surface area contributed by atoms with Crippen LogP contribution < -0.4 is 0 Å². The van der Waals surface area contributed by atoms with E-state index in [0.717, 1.165) is 44.3 Å². The molecular formula is C61H54N2. The summed E-state index contributed by atoms with van der Waals surface area (Å²) >= 11 is 0. The van der Waals surface area contributed by atoms with Crippen LogP contribution in [0, 0.1) is 0 Å². The van der Waals surface area contributed by atoms with E-state index in [1.807, 2.05) is 0 Å². The van der Waals surface area contributed by atoms with Gasteiger partial charge in [-0.05, 0) is 121 Å². The number of aliphatic imine (C=N–C) groups is 1. The molecule has 7 aromatic carbocycles. The Morgan fingerprint density at radius 3 is 1.68 bits per heavy atom. The molecule has 7 aromatic rings. The SMILES string of the molecule is CC/C1=C(\c2ccccc2)N(C)C/C=C(c2ccccc2)/N=C(/C2=CCC(C)(c3cccc4c3-c3ccccc3C3c5ccccc5-c5ccccc5-c5ccccc5C43)CC2)C1. The van der Waals surface area contributed by atoms with Crippen LogP contribution in [0.5, 0.6) is 0 Å². The minimum atomic E-state index is -0.0591. The highest BCUT2D eigenvalue weighted by atomic mass is 15.1. The van der Waals surface area contributed by atoms with E-state index >= 15 is 0 Å². The smallest absolute Gasteiger partial charge is 0.0683 e. The topological polar surface area (TPSA) is 15.6 Å². The molecule has 3 aliphatic carbocycles. The normalized spacial score (nSPS) is 23.1. The van der Waals surface area contributed by atoms with Gasteiger partial charge >= 0.3 is 0 Å². The molecule has 0 aromatic heterocycles. The van der Waals surface area contributed by atoms with Crippen LogP contribution >= 0.6 is 0 Å². The predicted molar refractivity (Wildman–Crippen MR) is 265 cm³/mol. The minimum absolute atomic E-state index is 0.0591. The van der Waals surface area contributed by atoms with Gasteiger partial charge in [0.15, 0.2) is 0 Å². The quantitative estimate of drug-likeness (QED) is 0.169. The van der Waals surface area contributed by atoms with Gasteiger partial charge in [-0.2, -0.15) is 0 Å². The van der Waals surface area contributed by atoms with Gasteiger partial charge in [-0.1, -0.05) is 196 Å². The summed E-state index contributed by atoms with van der Waals surface area (Å²) in [6.07, 6.45) is 9.69. The van der Waals surface area contributed by atoms with Gasteiger partial charge in [0, 0.05) is 43.3 Å². The average molecular weight is 815 g/mol. The second kappa shape index (κ2) is 16.2. The summed E-state index contributed by atoms with van der Waals surface area (Å²) in [5, 5.41) is 0. The standard InChI is InChI=1S/C61H54N2/c1-4-41-40-56(62-55(42-20-7-5-8-21-42)36-39-63(3)60(41)44-22-9-6-10-23-44)43-34-37-61(2,38-35-43)54-33-19-32-53-57(54)51-30-17-18-31-52(51)58-49-28-15-13-26-47(49)45-24-11-12-25-46(45)48-27-14-16-29-50(48)59(53)58/h5-34,36,58-59H,4,35,37-40H2,1-3H3/b55-36+,60-41-,62-56+. The third-order valence-electron chi connectivity index (χ3n) is 14.7. The molecule has 11 rings (SSSR count). The zero-order valence-electron chi connectivity index (χ0n) is 36.7. The molecule has 4 aliphatic rings. The molecule has 3 atom stereocenters. The lowest BCUT2D eigenvalue weighted by atomic mass is 9.60. The molecule has 1 aliphatic heterocycles. The van der Waals surface area contributed by atoms with Crippen molar-refractivity contribution in [1.29, 1.82) is 0 Å². The Labute approximate surface area is 373 Å². The zero-order chi connectivity index (χ0) is 42.5. The van der Waals surface area contributed by atoms with Crippen molar-refractivity contribution in [2.45, 2.75) is 63.2 Å². The molecule has 0 radical (unpaired) electrons. The summed E-state index contributed by atoms with van der Waals surface area (Å²) in [4.78, 5) is 8.06. The highest BCUT2D eigenvalue weighted by molar-refractivity contribution is 6.05. The van der Waals surface area contributed by atoms with Crippen LogP contribution in [0.2, 0.25) is 0 Å². The molecule has 63 heavy (non-hydrogen) atoms. The second-order valence-corrected chi connectivity index (χ2v) is 18.3. The van der Waals surface area contributed by atoms with Gasteiger partial charge in [-0.15, -0.1) is 0 Å². The maximum absolute atomic E-state index is 5.64. The fourth-order valence-electron chi connectivity index (χ4n) is 11.5. The van der Waals surface area contributed by atoms with Crippen LogP contribution in [-0.2, 0) is 5.41 Å². The van der Waals surface area contributed by atoms with Gasteiger partial charge in [0.25, 0.3) is 0 Å². The van der Waals surface area contributed by atoms with Gasteiger partial charge in [-0.25, -0.2) is 0 Å². The Bertz CT molecular complexity index is 3000. The summed E-state index contributed by atoms with van der Waals surface area (Å²) in [5.41, 5.74) is 24.1. The number of rotatable bonds is 5. The number of hydrogen-bond donors (Lipinski definition) is 0. The van der Waals surface area contributed by atoms with E-state index in [4.69, 9.17) is 4.99 Å². The number of nitrogens with zero attached hydrogens (tertiary/aromatic N) is 2. The first-order chi connectivity index (χ1) is 31.0. The summed E-state index contributed by atoms with van der Waals surface area (Å²) in [5.74, 6) is 0.334. The van der Waals surface area contributed by atoms with E-state index in [0.29, 0.717) is 0 Å². The fourth-order valence-corrected chi connectivity index (χ4v) is 11.5. The molecule has 0 amide bonds. The van der Waals surface area contributed by atoms with Crippen molar-refractivity contribution in [3.63, 3.8) is 0 Å². The summed E-state index contributed by atoms with van der Waals surface area (Å²) < 4.78 is 0. The van der Waals surface area contributed by atoms with Gasteiger partial charge in [0.1, 0.15) is 0 Å². The molecule has 0 N–H and O–H groups in total. The zero-order valence-corrected chi connectivity index (χ0v) is 36.7. The van der Waals surface area contributed by atoms with Crippen LogP contribution in [0.1, 0.15) is 96.7 Å². The van der Waals surface area contributed by atoms with Gasteiger partial charge in [-0.3, -0.25) is 4.99 Å². The molecule has 2 nitrogen and oxygen atoms in total. The molecule has 3 unspecified atom stereocenters. The average Bonchev–Trinajstić information content (AvgIpc) is 3.41. The van der Waals surface area contributed by atoms with Crippen LogP contribution in [0.25, 0.3) is 44.8 Å². The Hall–Kier alpha value is -6.77. The lowest BCUT2D eigenvalue weighted by Gasteiger charge is -2.43. The molecule has 2 heteroatoms. The number of hydrogen-bond acceptors (Lipinski definition) is 2. The lowest BCUT2D eigenvalue weighted by molar-refractivity contribution is 0.424. The molecule has 1 heterocycles. The monoisotopic (exact) mass is 814 g/mol. The van der Waals surface area contributed by atoms with Gasteiger partial charge in [0.2, 0.25) is 0 Å². The number of allylic oxidation sites excluding steroid dienone is 3. The third-order valence-corrected chi connectivity index (χ3v) is 14.7. The van der Waals surface area contributed by atoms with Crippen LogP contribution in [0.3, 0.4) is 0 Å². The molecular weight excluding hydrogens is 761 g/mol. The van der Waals surface area contributed by atoms with Gasteiger partial charge in [0.05, 0.1) is 5.70 Å². The number of likely N-dealkylation sites (N-methyl/N-ethyl adjacent to an activating group) is 1. The van der Waals surface area contributed by atoms with E-state index in [9.17, 15) is 0 Å². The summed E-state index contributed by atoms with van der Waals surface area (Å²) in [6.45, 7) is 5.63. The van der Waals surface area contributed by atoms with Crippen molar-refractivity contribution in [1.82, 2.24) is 4.90 Å². The number of fused-ring (bicyclic) bond motifs is 13. The first-order valence-corrected chi connectivity index (χ1v) is 23.0. The van der Waals surface area contributed by atoms with Crippen LogP contribution in [-0.4, -0.2) is 24.2 Å². The fraction of sp³-hybridized carbons (Fsp3) is 0.197. The maximum atomic E-state index is 5.64. The van der Waals surface area contributed by atoms with E-state index in [-0.39, 0.29) is 17.3 Å².